The molecule has 4 rings (SSSR count). The minimum Gasteiger partial charge on any atom is -0.353 e. The summed E-state index contributed by atoms with van der Waals surface area (Å²) in [6.07, 6.45) is 7.22. The van der Waals surface area contributed by atoms with E-state index in [1.165, 1.54) is 35.3 Å². The lowest BCUT2D eigenvalue weighted by Crippen LogP contribution is -2.42. The lowest BCUT2D eigenvalue weighted by molar-refractivity contribution is 0.102. The van der Waals surface area contributed by atoms with E-state index in [1.807, 2.05) is 0 Å². The third kappa shape index (κ3) is 3.61. The zero-order chi connectivity index (χ0) is 18.7. The van der Waals surface area contributed by atoms with E-state index in [0.717, 1.165) is 19.3 Å². The van der Waals surface area contributed by atoms with Gasteiger partial charge in [0.05, 0.1) is 11.3 Å². The molecular weight excluding hydrogens is 369 g/mol. The highest BCUT2D eigenvalue weighted by Crippen LogP contribution is 2.43. The number of amides is 1. The van der Waals surface area contributed by atoms with Gasteiger partial charge < -0.3 is 5.32 Å². The van der Waals surface area contributed by atoms with Crippen LogP contribution in [0.2, 0.25) is 0 Å². The number of anilines is 2. The number of rotatable bonds is 6. The standard InChI is InChI=1S/C17H16FN7OS/c18-12-3-1-6-19-13(12)17(4-2-5-17)9-22-15-20-7-11(8-21-15)14(26)24-16-25-23-10-27-16/h1,3,6-8,10H,2,4-5,9H2,(H,20,21,22)(H,24,25,26). The fourth-order valence-electron chi connectivity index (χ4n) is 3.06. The number of hydrogen-bond donors (Lipinski definition) is 2. The van der Waals surface area contributed by atoms with Crippen LogP contribution in [-0.2, 0) is 5.41 Å². The van der Waals surface area contributed by atoms with Crippen LogP contribution in [0.25, 0.3) is 0 Å². The lowest BCUT2D eigenvalue weighted by Gasteiger charge is -2.41. The zero-order valence-corrected chi connectivity index (χ0v) is 15.0. The molecule has 0 aromatic carbocycles. The van der Waals surface area contributed by atoms with Crippen LogP contribution in [0.3, 0.4) is 0 Å². The molecule has 3 aromatic heterocycles. The summed E-state index contributed by atoms with van der Waals surface area (Å²) in [4.78, 5) is 24.7. The minimum atomic E-state index is -0.357. The van der Waals surface area contributed by atoms with Crippen molar-refractivity contribution >= 4 is 28.3 Å². The van der Waals surface area contributed by atoms with Crippen LogP contribution in [0.1, 0.15) is 35.3 Å². The minimum absolute atomic E-state index is 0.288. The molecule has 0 aliphatic heterocycles. The number of pyridine rings is 1. The summed E-state index contributed by atoms with van der Waals surface area (Å²) in [5.41, 5.74) is 1.98. The molecule has 0 saturated heterocycles. The Morgan fingerprint density at radius 2 is 2.07 bits per heavy atom. The van der Waals surface area contributed by atoms with Gasteiger partial charge in [-0.25, -0.2) is 14.4 Å². The lowest BCUT2D eigenvalue weighted by atomic mass is 9.66. The number of carbonyl (C=O) groups is 1. The Bertz CT molecular complexity index is 929. The van der Waals surface area contributed by atoms with E-state index in [1.54, 1.807) is 12.3 Å². The predicted octanol–water partition coefficient (Wildman–Crippen LogP) is 2.65. The summed E-state index contributed by atoms with van der Waals surface area (Å²) >= 11 is 1.22. The Hall–Kier alpha value is -3.01. The summed E-state index contributed by atoms with van der Waals surface area (Å²) in [6.45, 7) is 0.483. The van der Waals surface area contributed by atoms with Crippen LogP contribution in [0.4, 0.5) is 15.5 Å². The Balaban J connectivity index is 1.41. The van der Waals surface area contributed by atoms with Gasteiger partial charge in [0.15, 0.2) is 0 Å². The van der Waals surface area contributed by atoms with Gasteiger partial charge in [0, 0.05) is 30.6 Å². The third-order valence-electron chi connectivity index (χ3n) is 4.65. The fraction of sp³-hybridized carbons (Fsp3) is 0.294. The van der Waals surface area contributed by atoms with Crippen molar-refractivity contribution in [3.63, 3.8) is 0 Å². The molecule has 1 amide bonds. The largest absolute Gasteiger partial charge is 0.353 e. The van der Waals surface area contributed by atoms with Gasteiger partial charge in [-0.2, -0.15) is 0 Å². The maximum atomic E-state index is 14.2. The van der Waals surface area contributed by atoms with Crippen molar-refractivity contribution in [2.45, 2.75) is 24.7 Å². The first kappa shape index (κ1) is 17.4. The molecule has 3 heterocycles. The van der Waals surface area contributed by atoms with Gasteiger partial charge in [0.25, 0.3) is 5.91 Å². The van der Waals surface area contributed by atoms with Crippen molar-refractivity contribution in [2.75, 3.05) is 17.2 Å². The highest BCUT2D eigenvalue weighted by atomic mass is 32.1. The average molecular weight is 385 g/mol. The molecule has 2 N–H and O–H groups in total. The monoisotopic (exact) mass is 385 g/mol. The number of hydrogen-bond acceptors (Lipinski definition) is 8. The average Bonchev–Trinajstić information content (AvgIpc) is 3.15. The van der Waals surface area contributed by atoms with Crippen LogP contribution in [0, 0.1) is 5.82 Å². The summed E-state index contributed by atoms with van der Waals surface area (Å²) < 4.78 is 14.2. The summed E-state index contributed by atoms with van der Waals surface area (Å²) in [5, 5.41) is 13.6. The quantitative estimate of drug-likeness (QED) is 0.672. The molecule has 1 saturated carbocycles. The molecule has 0 spiro atoms. The smallest absolute Gasteiger partial charge is 0.260 e. The molecule has 0 atom stereocenters. The highest BCUT2D eigenvalue weighted by molar-refractivity contribution is 7.13. The second-order valence-electron chi connectivity index (χ2n) is 6.31. The normalized spacial score (nSPS) is 15.0. The Morgan fingerprint density at radius 1 is 1.26 bits per heavy atom. The van der Waals surface area contributed by atoms with Gasteiger partial charge in [0.2, 0.25) is 11.1 Å². The SMILES string of the molecule is O=C(Nc1nncs1)c1cnc(NCC2(c3ncccc3F)CCC2)nc1. The van der Waals surface area contributed by atoms with Crippen molar-refractivity contribution in [3.8, 4) is 0 Å². The third-order valence-corrected chi connectivity index (χ3v) is 5.26. The summed E-state index contributed by atoms with van der Waals surface area (Å²) in [7, 11) is 0. The van der Waals surface area contributed by atoms with E-state index < -0.39 is 0 Å². The molecule has 1 fully saturated rings. The van der Waals surface area contributed by atoms with Gasteiger partial charge in [-0.15, -0.1) is 10.2 Å². The van der Waals surface area contributed by atoms with E-state index in [9.17, 15) is 9.18 Å². The van der Waals surface area contributed by atoms with Crippen LogP contribution in [-0.4, -0.2) is 37.6 Å². The Labute approximate surface area is 158 Å². The predicted molar refractivity (Wildman–Crippen MR) is 98.1 cm³/mol. The van der Waals surface area contributed by atoms with Crippen molar-refractivity contribution < 1.29 is 9.18 Å². The number of nitrogens with one attached hydrogen (secondary N) is 2. The first-order valence-corrected chi connectivity index (χ1v) is 9.29. The van der Waals surface area contributed by atoms with Crippen LogP contribution < -0.4 is 10.6 Å². The van der Waals surface area contributed by atoms with Gasteiger partial charge >= 0.3 is 0 Å². The molecule has 3 aromatic rings. The maximum Gasteiger partial charge on any atom is 0.260 e. The highest BCUT2D eigenvalue weighted by Gasteiger charge is 2.41. The number of carbonyl (C=O) groups excluding carboxylic acids is 1. The molecule has 1 aliphatic carbocycles. The molecule has 8 nitrogen and oxygen atoms in total. The number of halogens is 1. The van der Waals surface area contributed by atoms with Crippen molar-refractivity contribution in [1.29, 1.82) is 0 Å². The second kappa shape index (κ2) is 7.31. The van der Waals surface area contributed by atoms with Crippen molar-refractivity contribution in [3.05, 3.63) is 53.3 Å². The summed E-state index contributed by atoms with van der Waals surface area (Å²) in [6, 6.07) is 3.03. The molecule has 10 heteroatoms. The number of nitrogens with zero attached hydrogens (tertiary/aromatic N) is 5. The molecule has 0 bridgehead atoms. The van der Waals surface area contributed by atoms with Crippen LogP contribution in [0.15, 0.2) is 36.2 Å². The fourth-order valence-corrected chi connectivity index (χ4v) is 3.50. The van der Waals surface area contributed by atoms with E-state index >= 15 is 0 Å². The first-order chi connectivity index (χ1) is 13.2. The molecule has 0 radical (unpaired) electrons. The van der Waals surface area contributed by atoms with E-state index in [0.29, 0.717) is 28.9 Å². The summed E-state index contributed by atoms with van der Waals surface area (Å²) in [5.74, 6) is -0.266. The van der Waals surface area contributed by atoms with Crippen LogP contribution in [0.5, 0.6) is 0 Å². The van der Waals surface area contributed by atoms with Gasteiger partial charge in [-0.05, 0) is 25.0 Å². The number of aromatic nitrogens is 5. The molecule has 1 aliphatic rings. The molecule has 138 valence electrons. The first-order valence-electron chi connectivity index (χ1n) is 8.41. The van der Waals surface area contributed by atoms with Gasteiger partial charge in [-0.1, -0.05) is 17.8 Å². The second-order valence-corrected chi connectivity index (χ2v) is 7.15. The Kier molecular flexibility index (Phi) is 4.71. The van der Waals surface area contributed by atoms with Gasteiger partial charge in [0.1, 0.15) is 11.3 Å². The van der Waals surface area contributed by atoms with E-state index in [-0.39, 0.29) is 17.1 Å². The molecule has 0 unspecified atom stereocenters. The Morgan fingerprint density at radius 3 is 2.70 bits per heavy atom. The van der Waals surface area contributed by atoms with E-state index in [4.69, 9.17) is 0 Å². The van der Waals surface area contributed by atoms with Gasteiger partial charge in [-0.3, -0.25) is 15.1 Å². The van der Waals surface area contributed by atoms with Crippen molar-refractivity contribution in [1.82, 2.24) is 25.1 Å². The topological polar surface area (TPSA) is 106 Å². The molecular formula is C17H16FN7OS. The maximum absolute atomic E-state index is 14.2. The van der Waals surface area contributed by atoms with Crippen LogP contribution >= 0.6 is 11.3 Å². The van der Waals surface area contributed by atoms with Crippen molar-refractivity contribution in [2.24, 2.45) is 0 Å². The van der Waals surface area contributed by atoms with E-state index in [2.05, 4.69) is 35.8 Å². The molecule has 27 heavy (non-hydrogen) atoms. The zero-order valence-electron chi connectivity index (χ0n) is 14.2.